The molecule has 5 rings (SSSR count). The summed E-state index contributed by atoms with van der Waals surface area (Å²) in [6, 6.07) is 8.21. The van der Waals surface area contributed by atoms with Crippen LogP contribution >= 0.6 is 11.3 Å². The Morgan fingerprint density at radius 3 is 2.63 bits per heavy atom. The van der Waals surface area contributed by atoms with Crippen molar-refractivity contribution in [2.45, 2.75) is 25.3 Å². The second kappa shape index (κ2) is 7.13. The van der Waals surface area contributed by atoms with Crippen molar-refractivity contribution in [2.75, 3.05) is 36.5 Å². The van der Waals surface area contributed by atoms with Crippen LogP contribution in [0.25, 0.3) is 11.3 Å². The van der Waals surface area contributed by atoms with Gasteiger partial charge in [0.2, 0.25) is 0 Å². The fourth-order valence-corrected chi connectivity index (χ4v) is 5.26. The molecule has 1 aromatic carbocycles. The first-order chi connectivity index (χ1) is 13.3. The van der Waals surface area contributed by atoms with Gasteiger partial charge >= 0.3 is 6.03 Å². The summed E-state index contributed by atoms with van der Waals surface area (Å²) in [5.74, 6) is 1.45. The molecule has 2 N–H and O–H groups in total. The zero-order chi connectivity index (χ0) is 18.2. The molecule has 3 aliphatic rings. The van der Waals surface area contributed by atoms with Crippen molar-refractivity contribution in [3.8, 4) is 11.3 Å². The van der Waals surface area contributed by atoms with Gasteiger partial charge in [-0.1, -0.05) is 18.6 Å². The standard InChI is InChI=1S/C20H24N4O2S/c25-19(23-18-15-2-1-3-16(15)18)21-14-6-4-13(5-7-14)17-12-27-20(22-17)24-8-10-26-11-9-24/h4-7,12,15-16,18H,1-3,8-11H2,(H2,21,23,25)/t15-,16+,18?. The average Bonchev–Trinajstić information content (AvgIpc) is 3.13. The third kappa shape index (κ3) is 3.53. The van der Waals surface area contributed by atoms with Gasteiger partial charge in [-0.2, -0.15) is 0 Å². The summed E-state index contributed by atoms with van der Waals surface area (Å²) in [7, 11) is 0. The number of aromatic nitrogens is 1. The molecule has 0 radical (unpaired) electrons. The SMILES string of the molecule is O=C(Nc1ccc(-c2csc(N3CCOCC3)n2)cc1)NC1[C@H]2CCC[C@@H]12. The van der Waals surface area contributed by atoms with Crippen molar-refractivity contribution in [3.05, 3.63) is 29.6 Å². The Bertz CT molecular complexity index is 806. The van der Waals surface area contributed by atoms with Crippen LogP contribution in [0, 0.1) is 11.8 Å². The molecule has 2 saturated carbocycles. The van der Waals surface area contributed by atoms with Crippen molar-refractivity contribution in [2.24, 2.45) is 11.8 Å². The van der Waals surface area contributed by atoms with Gasteiger partial charge in [0.25, 0.3) is 0 Å². The van der Waals surface area contributed by atoms with Gasteiger partial charge in [-0.05, 0) is 36.8 Å². The molecule has 2 heterocycles. The molecule has 27 heavy (non-hydrogen) atoms. The highest BCUT2D eigenvalue weighted by Gasteiger charge is 2.53. The van der Waals surface area contributed by atoms with Crippen LogP contribution in [0.4, 0.5) is 15.6 Å². The molecular formula is C20H24N4O2S. The number of nitrogens with zero attached hydrogens (tertiary/aromatic N) is 2. The van der Waals surface area contributed by atoms with E-state index in [2.05, 4.69) is 20.9 Å². The Morgan fingerprint density at radius 2 is 1.89 bits per heavy atom. The summed E-state index contributed by atoms with van der Waals surface area (Å²) in [6.45, 7) is 3.32. The third-order valence-corrected chi connectivity index (χ3v) is 6.82. The molecule has 0 bridgehead atoms. The molecule has 1 saturated heterocycles. The highest BCUT2D eigenvalue weighted by molar-refractivity contribution is 7.14. The maximum absolute atomic E-state index is 12.2. The minimum absolute atomic E-state index is 0.0922. The molecule has 1 aromatic heterocycles. The molecule has 3 atom stereocenters. The van der Waals surface area contributed by atoms with E-state index in [1.165, 1.54) is 19.3 Å². The average molecular weight is 385 g/mol. The number of fused-ring (bicyclic) bond motifs is 1. The van der Waals surface area contributed by atoms with Crippen LogP contribution in [-0.4, -0.2) is 43.4 Å². The van der Waals surface area contributed by atoms with Gasteiger partial charge in [0.05, 0.1) is 18.9 Å². The topological polar surface area (TPSA) is 66.5 Å². The lowest BCUT2D eigenvalue weighted by Crippen LogP contribution is -2.36. The van der Waals surface area contributed by atoms with Crippen LogP contribution in [0.1, 0.15) is 19.3 Å². The first-order valence-electron chi connectivity index (χ1n) is 9.74. The Labute approximate surface area is 162 Å². The number of ether oxygens (including phenoxy) is 1. The van der Waals surface area contributed by atoms with E-state index >= 15 is 0 Å². The largest absolute Gasteiger partial charge is 0.378 e. The molecule has 2 aromatic rings. The van der Waals surface area contributed by atoms with Crippen LogP contribution < -0.4 is 15.5 Å². The first-order valence-corrected chi connectivity index (χ1v) is 10.6. The molecule has 3 fully saturated rings. The highest BCUT2D eigenvalue weighted by Crippen LogP contribution is 2.51. The van der Waals surface area contributed by atoms with Crippen LogP contribution in [-0.2, 0) is 4.74 Å². The van der Waals surface area contributed by atoms with E-state index in [1.54, 1.807) is 11.3 Å². The fourth-order valence-electron chi connectivity index (χ4n) is 4.38. The molecule has 0 spiro atoms. The number of benzene rings is 1. The summed E-state index contributed by atoms with van der Waals surface area (Å²) >= 11 is 1.67. The van der Waals surface area contributed by atoms with Crippen LogP contribution in [0.3, 0.4) is 0 Å². The number of urea groups is 1. The molecule has 1 unspecified atom stereocenters. The normalized spacial score (nSPS) is 26.5. The second-order valence-electron chi connectivity index (χ2n) is 7.57. The van der Waals surface area contributed by atoms with E-state index < -0.39 is 0 Å². The molecule has 6 nitrogen and oxygen atoms in total. The molecule has 142 valence electrons. The monoisotopic (exact) mass is 384 g/mol. The summed E-state index contributed by atoms with van der Waals surface area (Å²) in [5, 5.41) is 9.20. The van der Waals surface area contributed by atoms with Gasteiger partial charge in [0.15, 0.2) is 5.13 Å². The molecule has 2 amide bonds. The van der Waals surface area contributed by atoms with E-state index in [4.69, 9.17) is 9.72 Å². The lowest BCUT2D eigenvalue weighted by atomic mass is 10.1. The number of amides is 2. The van der Waals surface area contributed by atoms with Crippen LogP contribution in [0.2, 0.25) is 0 Å². The number of morpholine rings is 1. The van der Waals surface area contributed by atoms with Crippen molar-refractivity contribution in [1.82, 2.24) is 10.3 Å². The van der Waals surface area contributed by atoms with Gasteiger partial charge in [-0.25, -0.2) is 9.78 Å². The third-order valence-electron chi connectivity index (χ3n) is 5.92. The number of nitrogens with one attached hydrogen (secondary N) is 2. The van der Waals surface area contributed by atoms with Crippen molar-refractivity contribution in [3.63, 3.8) is 0 Å². The number of hydrogen-bond donors (Lipinski definition) is 2. The van der Waals surface area contributed by atoms with E-state index in [1.807, 2.05) is 24.3 Å². The second-order valence-corrected chi connectivity index (χ2v) is 8.41. The minimum Gasteiger partial charge on any atom is -0.378 e. The lowest BCUT2D eigenvalue weighted by Gasteiger charge is -2.26. The lowest BCUT2D eigenvalue weighted by molar-refractivity contribution is 0.122. The Balaban J connectivity index is 1.19. The van der Waals surface area contributed by atoms with Crippen LogP contribution in [0.15, 0.2) is 29.6 Å². The number of hydrogen-bond acceptors (Lipinski definition) is 5. The van der Waals surface area contributed by atoms with E-state index in [-0.39, 0.29) is 6.03 Å². The Hall–Kier alpha value is -2.12. The van der Waals surface area contributed by atoms with Gasteiger partial charge in [-0.3, -0.25) is 0 Å². The summed E-state index contributed by atoms with van der Waals surface area (Å²) < 4.78 is 5.40. The summed E-state index contributed by atoms with van der Waals surface area (Å²) in [4.78, 5) is 19.2. The van der Waals surface area contributed by atoms with E-state index in [0.717, 1.165) is 60.2 Å². The number of carbonyl (C=O) groups excluding carboxylic acids is 1. The number of thiazole rings is 1. The smallest absolute Gasteiger partial charge is 0.319 e. The zero-order valence-corrected chi connectivity index (χ0v) is 16.0. The van der Waals surface area contributed by atoms with Crippen molar-refractivity contribution in [1.29, 1.82) is 0 Å². The van der Waals surface area contributed by atoms with E-state index in [0.29, 0.717) is 6.04 Å². The molecule has 2 aliphatic carbocycles. The first kappa shape index (κ1) is 17.0. The predicted octanol–water partition coefficient (Wildman–Crippen LogP) is 3.57. The number of carbonyl (C=O) groups is 1. The summed E-state index contributed by atoms with van der Waals surface area (Å²) in [6.07, 6.45) is 3.86. The summed E-state index contributed by atoms with van der Waals surface area (Å²) in [5.41, 5.74) is 2.85. The maximum atomic E-state index is 12.2. The van der Waals surface area contributed by atoms with Crippen molar-refractivity contribution < 1.29 is 9.53 Å². The van der Waals surface area contributed by atoms with Crippen molar-refractivity contribution >= 4 is 28.2 Å². The number of rotatable bonds is 4. The maximum Gasteiger partial charge on any atom is 0.319 e. The highest BCUT2D eigenvalue weighted by atomic mass is 32.1. The molecule has 7 heteroatoms. The molecule has 1 aliphatic heterocycles. The quantitative estimate of drug-likeness (QED) is 0.846. The van der Waals surface area contributed by atoms with Crippen LogP contribution in [0.5, 0.6) is 0 Å². The fraction of sp³-hybridized carbons (Fsp3) is 0.500. The molecular weight excluding hydrogens is 360 g/mol. The zero-order valence-electron chi connectivity index (χ0n) is 15.2. The predicted molar refractivity (Wildman–Crippen MR) is 107 cm³/mol. The van der Waals surface area contributed by atoms with Gasteiger partial charge in [-0.15, -0.1) is 11.3 Å². The van der Waals surface area contributed by atoms with Gasteiger partial charge < -0.3 is 20.3 Å². The van der Waals surface area contributed by atoms with E-state index in [9.17, 15) is 4.79 Å². The Kier molecular flexibility index (Phi) is 4.49. The van der Waals surface area contributed by atoms with Gasteiger partial charge in [0, 0.05) is 35.8 Å². The van der Waals surface area contributed by atoms with Gasteiger partial charge in [0.1, 0.15) is 0 Å². The number of anilines is 2. The Morgan fingerprint density at radius 1 is 1.15 bits per heavy atom. The minimum atomic E-state index is -0.0922.